The van der Waals surface area contributed by atoms with Crippen molar-refractivity contribution in [1.82, 2.24) is 4.37 Å². The van der Waals surface area contributed by atoms with Crippen LogP contribution in [0.25, 0.3) is 10.1 Å². The summed E-state index contributed by atoms with van der Waals surface area (Å²) in [4.78, 5) is 12.1. The largest absolute Gasteiger partial charge is 0.416 e. The van der Waals surface area contributed by atoms with E-state index in [1.54, 1.807) is 0 Å². The minimum atomic E-state index is -4.42. The molecule has 1 aromatic heterocycles. The van der Waals surface area contributed by atoms with Gasteiger partial charge in [-0.05, 0) is 47.9 Å². The van der Waals surface area contributed by atoms with Crippen LogP contribution >= 0.6 is 11.5 Å². The van der Waals surface area contributed by atoms with Gasteiger partial charge >= 0.3 is 6.18 Å². The lowest BCUT2D eigenvalue weighted by Gasteiger charge is -2.07. The van der Waals surface area contributed by atoms with Crippen LogP contribution in [0.2, 0.25) is 0 Å². The minimum absolute atomic E-state index is 0.144. The highest BCUT2D eigenvalue weighted by molar-refractivity contribution is 7.13. The first kappa shape index (κ1) is 14.5. The second-order valence-corrected chi connectivity index (χ2v) is 5.36. The van der Waals surface area contributed by atoms with Crippen LogP contribution in [-0.2, 0) is 6.18 Å². The Bertz CT molecular complexity index is 825. The summed E-state index contributed by atoms with van der Waals surface area (Å²) in [6, 6.07) is 11.4. The number of nitrogens with zero attached hydrogens (tertiary/aromatic N) is 1. The van der Waals surface area contributed by atoms with E-state index in [0.717, 1.165) is 34.4 Å². The summed E-state index contributed by atoms with van der Waals surface area (Å²) in [5, 5.41) is 3.42. The van der Waals surface area contributed by atoms with Crippen molar-refractivity contribution in [1.29, 1.82) is 0 Å². The Kier molecular flexibility index (Phi) is 3.58. The van der Waals surface area contributed by atoms with Crippen molar-refractivity contribution >= 4 is 33.3 Å². The van der Waals surface area contributed by atoms with Crippen LogP contribution in [0.4, 0.5) is 19.0 Å². The van der Waals surface area contributed by atoms with Gasteiger partial charge in [0, 0.05) is 10.9 Å². The Hall–Kier alpha value is -2.41. The maximum Gasteiger partial charge on any atom is 0.416 e. The lowest BCUT2D eigenvalue weighted by molar-refractivity contribution is -0.137. The van der Waals surface area contributed by atoms with Gasteiger partial charge in [-0.25, -0.2) is 0 Å². The number of amides is 1. The van der Waals surface area contributed by atoms with Gasteiger partial charge in [-0.15, -0.1) is 0 Å². The molecule has 7 heteroatoms. The number of fused-ring (bicyclic) bond motifs is 1. The van der Waals surface area contributed by atoms with Crippen molar-refractivity contribution in [3.8, 4) is 0 Å². The van der Waals surface area contributed by atoms with E-state index >= 15 is 0 Å². The number of halogens is 3. The SMILES string of the molecule is O=C(Nc1nsc2ccccc12)c1ccc(C(F)(F)F)cc1. The molecule has 0 aliphatic rings. The topological polar surface area (TPSA) is 42.0 Å². The van der Waals surface area contributed by atoms with E-state index in [4.69, 9.17) is 0 Å². The van der Waals surface area contributed by atoms with Gasteiger partial charge in [-0.3, -0.25) is 4.79 Å². The second kappa shape index (κ2) is 5.42. The minimum Gasteiger partial charge on any atom is -0.305 e. The van der Waals surface area contributed by atoms with Crippen molar-refractivity contribution in [2.75, 3.05) is 5.32 Å². The Morgan fingerprint density at radius 1 is 1.05 bits per heavy atom. The number of carbonyl (C=O) groups is 1. The Morgan fingerprint density at radius 3 is 2.41 bits per heavy atom. The van der Waals surface area contributed by atoms with Gasteiger partial charge in [0.25, 0.3) is 5.91 Å². The van der Waals surface area contributed by atoms with Gasteiger partial charge in [-0.2, -0.15) is 17.5 Å². The highest BCUT2D eigenvalue weighted by Crippen LogP contribution is 2.30. The number of carbonyl (C=O) groups excluding carboxylic acids is 1. The molecule has 1 amide bonds. The molecule has 0 aliphatic heterocycles. The number of anilines is 1. The number of hydrogen-bond acceptors (Lipinski definition) is 3. The summed E-state index contributed by atoms with van der Waals surface area (Å²) in [5.41, 5.74) is -0.645. The second-order valence-electron chi connectivity index (χ2n) is 4.56. The molecule has 0 atom stereocenters. The van der Waals surface area contributed by atoms with Crippen LogP contribution in [0.15, 0.2) is 48.5 Å². The van der Waals surface area contributed by atoms with Gasteiger partial charge in [0.15, 0.2) is 5.82 Å². The van der Waals surface area contributed by atoms with Gasteiger partial charge in [0.1, 0.15) is 0 Å². The molecule has 112 valence electrons. The first-order chi connectivity index (χ1) is 10.4. The molecular weight excluding hydrogens is 313 g/mol. The molecule has 0 unspecified atom stereocenters. The van der Waals surface area contributed by atoms with E-state index in [1.165, 1.54) is 11.5 Å². The summed E-state index contributed by atoms with van der Waals surface area (Å²) < 4.78 is 42.5. The zero-order chi connectivity index (χ0) is 15.7. The molecule has 0 bridgehead atoms. The molecule has 1 heterocycles. The Labute approximate surface area is 127 Å². The summed E-state index contributed by atoms with van der Waals surface area (Å²) in [7, 11) is 0. The summed E-state index contributed by atoms with van der Waals surface area (Å²) in [6.45, 7) is 0. The molecule has 0 saturated heterocycles. The van der Waals surface area contributed by atoms with E-state index in [2.05, 4.69) is 9.69 Å². The first-order valence-corrected chi connectivity index (χ1v) is 7.05. The predicted molar refractivity (Wildman–Crippen MR) is 79.0 cm³/mol. The normalized spacial score (nSPS) is 11.6. The molecule has 0 fully saturated rings. The third-order valence-electron chi connectivity index (χ3n) is 3.08. The fraction of sp³-hybridized carbons (Fsp3) is 0.0667. The van der Waals surface area contributed by atoms with Crippen molar-refractivity contribution < 1.29 is 18.0 Å². The average molecular weight is 322 g/mol. The highest BCUT2D eigenvalue weighted by Gasteiger charge is 2.30. The van der Waals surface area contributed by atoms with Crippen LogP contribution in [0.3, 0.4) is 0 Å². The zero-order valence-corrected chi connectivity index (χ0v) is 11.8. The fourth-order valence-electron chi connectivity index (χ4n) is 1.97. The van der Waals surface area contributed by atoms with Gasteiger partial charge in [0.2, 0.25) is 0 Å². The van der Waals surface area contributed by atoms with E-state index < -0.39 is 17.6 Å². The maximum absolute atomic E-state index is 12.5. The summed E-state index contributed by atoms with van der Waals surface area (Å²) in [5.74, 6) is -0.0877. The van der Waals surface area contributed by atoms with Crippen LogP contribution in [0, 0.1) is 0 Å². The number of aromatic nitrogens is 1. The van der Waals surface area contributed by atoms with Crippen molar-refractivity contribution in [2.45, 2.75) is 6.18 Å². The van der Waals surface area contributed by atoms with Gasteiger partial charge in [-0.1, -0.05) is 12.1 Å². The van der Waals surface area contributed by atoms with Crippen molar-refractivity contribution in [2.24, 2.45) is 0 Å². The van der Waals surface area contributed by atoms with E-state index in [1.807, 2.05) is 24.3 Å². The Morgan fingerprint density at radius 2 is 1.73 bits per heavy atom. The third kappa shape index (κ3) is 2.80. The molecular formula is C15H9F3N2OS. The summed E-state index contributed by atoms with van der Waals surface area (Å²) >= 11 is 1.24. The van der Waals surface area contributed by atoms with Crippen LogP contribution in [0.5, 0.6) is 0 Å². The van der Waals surface area contributed by atoms with Crippen molar-refractivity contribution in [3.05, 3.63) is 59.7 Å². The monoisotopic (exact) mass is 322 g/mol. The molecule has 0 radical (unpaired) electrons. The van der Waals surface area contributed by atoms with Gasteiger partial charge < -0.3 is 5.32 Å². The fourth-order valence-corrected chi connectivity index (χ4v) is 2.70. The van der Waals surface area contributed by atoms with Crippen molar-refractivity contribution in [3.63, 3.8) is 0 Å². The van der Waals surface area contributed by atoms with E-state index in [0.29, 0.717) is 5.82 Å². The third-order valence-corrected chi connectivity index (χ3v) is 3.91. The average Bonchev–Trinajstić information content (AvgIpc) is 2.90. The molecule has 0 aliphatic carbocycles. The molecule has 3 nitrogen and oxygen atoms in total. The van der Waals surface area contributed by atoms with E-state index in [9.17, 15) is 18.0 Å². The molecule has 0 saturated carbocycles. The van der Waals surface area contributed by atoms with Crippen LogP contribution < -0.4 is 5.32 Å². The zero-order valence-electron chi connectivity index (χ0n) is 11.0. The molecule has 22 heavy (non-hydrogen) atoms. The molecule has 1 N–H and O–H groups in total. The quantitative estimate of drug-likeness (QED) is 0.751. The van der Waals surface area contributed by atoms with E-state index in [-0.39, 0.29) is 5.56 Å². The molecule has 3 rings (SSSR count). The number of alkyl halides is 3. The number of hydrogen-bond donors (Lipinski definition) is 1. The summed E-state index contributed by atoms with van der Waals surface area (Å²) in [6.07, 6.45) is -4.42. The van der Waals surface area contributed by atoms with Gasteiger partial charge in [0.05, 0.1) is 10.3 Å². The number of benzene rings is 2. The molecule has 3 aromatic rings. The first-order valence-electron chi connectivity index (χ1n) is 6.28. The smallest absolute Gasteiger partial charge is 0.305 e. The Balaban J connectivity index is 1.83. The molecule has 0 spiro atoms. The highest BCUT2D eigenvalue weighted by atomic mass is 32.1. The van der Waals surface area contributed by atoms with Crippen LogP contribution in [-0.4, -0.2) is 10.3 Å². The standard InChI is InChI=1S/C15H9F3N2OS/c16-15(17,18)10-7-5-9(6-8-10)14(21)19-13-11-3-1-2-4-12(11)22-20-13/h1-8H,(H,19,20,21). The maximum atomic E-state index is 12.5. The van der Waals surface area contributed by atoms with Crippen LogP contribution in [0.1, 0.15) is 15.9 Å². The molecule has 2 aromatic carbocycles. The predicted octanol–water partition coefficient (Wildman–Crippen LogP) is 4.57. The lowest BCUT2D eigenvalue weighted by Crippen LogP contribution is -2.13. The number of rotatable bonds is 2. The number of nitrogens with one attached hydrogen (secondary N) is 1. The lowest BCUT2D eigenvalue weighted by atomic mass is 10.1.